The Morgan fingerprint density at radius 2 is 2.12 bits per heavy atom. The van der Waals surface area contributed by atoms with Crippen LogP contribution in [0.4, 0.5) is 5.95 Å². The fraction of sp³-hybridized carbons (Fsp3) is 0.421. The van der Waals surface area contributed by atoms with Crippen molar-refractivity contribution >= 4 is 11.9 Å². The monoisotopic (exact) mass is 324 g/mol. The molecule has 0 bridgehead atoms. The third-order valence-electron chi connectivity index (χ3n) is 4.42. The highest BCUT2D eigenvalue weighted by atomic mass is 16.1. The number of nitrogens with one attached hydrogen (secondary N) is 1. The van der Waals surface area contributed by atoms with E-state index >= 15 is 0 Å². The number of anilines is 1. The average Bonchev–Trinajstić information content (AvgIpc) is 2.62. The summed E-state index contributed by atoms with van der Waals surface area (Å²) in [5, 5.41) is 3.09. The first-order valence-corrected chi connectivity index (χ1v) is 8.57. The van der Waals surface area contributed by atoms with Gasteiger partial charge in [-0.25, -0.2) is 9.97 Å². The summed E-state index contributed by atoms with van der Waals surface area (Å²) in [4.78, 5) is 23.1. The van der Waals surface area contributed by atoms with E-state index in [2.05, 4.69) is 51.4 Å². The molecule has 1 aromatic heterocycles. The van der Waals surface area contributed by atoms with E-state index in [1.807, 2.05) is 6.07 Å². The smallest absolute Gasteiger partial charge is 0.225 e. The zero-order valence-corrected chi connectivity index (χ0v) is 14.1. The minimum atomic E-state index is 0.0139. The van der Waals surface area contributed by atoms with E-state index in [4.69, 9.17) is 0 Å². The lowest BCUT2D eigenvalue weighted by Crippen LogP contribution is -2.44. The first kappa shape index (κ1) is 16.4. The Labute approximate surface area is 143 Å². The molecule has 1 fully saturated rings. The van der Waals surface area contributed by atoms with E-state index in [0.717, 1.165) is 31.8 Å². The molecule has 1 N–H and O–H groups in total. The van der Waals surface area contributed by atoms with Gasteiger partial charge in [0.15, 0.2) is 0 Å². The van der Waals surface area contributed by atoms with Crippen molar-refractivity contribution in [3.8, 4) is 0 Å². The van der Waals surface area contributed by atoms with Gasteiger partial charge in [0, 0.05) is 32.0 Å². The van der Waals surface area contributed by atoms with Gasteiger partial charge in [-0.1, -0.05) is 29.8 Å². The van der Waals surface area contributed by atoms with Crippen LogP contribution in [0, 0.1) is 12.8 Å². The van der Waals surface area contributed by atoms with Crippen molar-refractivity contribution in [2.75, 3.05) is 24.5 Å². The Kier molecular flexibility index (Phi) is 5.41. The molecule has 1 aliphatic rings. The highest BCUT2D eigenvalue weighted by Gasteiger charge is 2.26. The molecule has 0 radical (unpaired) electrons. The maximum atomic E-state index is 12.5. The lowest BCUT2D eigenvalue weighted by molar-refractivity contribution is -0.125. The molecule has 0 spiro atoms. The lowest BCUT2D eigenvalue weighted by atomic mass is 9.97. The largest absolute Gasteiger partial charge is 0.355 e. The molecular formula is C19H24N4O. The van der Waals surface area contributed by atoms with Gasteiger partial charge in [0.05, 0.1) is 5.92 Å². The molecule has 0 unspecified atom stereocenters. The number of rotatable bonds is 5. The normalized spacial score (nSPS) is 17.5. The number of aromatic nitrogens is 2. The standard InChI is InChI=1S/C19H24N4O/c1-15-5-2-6-16(13-15)8-11-20-18(24)17-7-3-12-23(14-17)19-21-9-4-10-22-19/h2,4-6,9-10,13,17H,3,7-8,11-12,14H2,1H3,(H,20,24)/t17-/m1/s1. The average molecular weight is 324 g/mol. The van der Waals surface area contributed by atoms with Gasteiger partial charge in [0.1, 0.15) is 0 Å². The van der Waals surface area contributed by atoms with E-state index in [0.29, 0.717) is 13.1 Å². The third kappa shape index (κ3) is 4.31. The van der Waals surface area contributed by atoms with Crippen LogP contribution in [-0.2, 0) is 11.2 Å². The van der Waals surface area contributed by atoms with Crippen LogP contribution in [0.3, 0.4) is 0 Å². The maximum Gasteiger partial charge on any atom is 0.225 e. The van der Waals surface area contributed by atoms with Gasteiger partial charge < -0.3 is 10.2 Å². The molecule has 2 aromatic rings. The van der Waals surface area contributed by atoms with Crippen LogP contribution in [0.5, 0.6) is 0 Å². The molecule has 1 saturated heterocycles. The molecule has 1 aliphatic heterocycles. The number of amides is 1. The van der Waals surface area contributed by atoms with Gasteiger partial charge in [0.25, 0.3) is 0 Å². The molecule has 2 heterocycles. The van der Waals surface area contributed by atoms with Crippen molar-refractivity contribution in [1.82, 2.24) is 15.3 Å². The molecule has 3 rings (SSSR count). The minimum Gasteiger partial charge on any atom is -0.355 e. The Bertz CT molecular complexity index is 674. The zero-order chi connectivity index (χ0) is 16.8. The Morgan fingerprint density at radius 1 is 1.29 bits per heavy atom. The number of piperidine rings is 1. The van der Waals surface area contributed by atoms with Gasteiger partial charge in [-0.15, -0.1) is 0 Å². The van der Waals surface area contributed by atoms with Crippen molar-refractivity contribution in [2.45, 2.75) is 26.2 Å². The second-order valence-corrected chi connectivity index (χ2v) is 6.36. The van der Waals surface area contributed by atoms with Gasteiger partial charge in [-0.3, -0.25) is 4.79 Å². The Hall–Kier alpha value is -2.43. The number of aryl methyl sites for hydroxylation is 1. The third-order valence-corrected chi connectivity index (χ3v) is 4.42. The van der Waals surface area contributed by atoms with Crippen LogP contribution >= 0.6 is 0 Å². The van der Waals surface area contributed by atoms with Crippen LogP contribution in [0.1, 0.15) is 24.0 Å². The van der Waals surface area contributed by atoms with Crippen LogP contribution in [0.15, 0.2) is 42.7 Å². The van der Waals surface area contributed by atoms with Crippen LogP contribution < -0.4 is 10.2 Å². The van der Waals surface area contributed by atoms with E-state index in [1.54, 1.807) is 12.4 Å². The summed E-state index contributed by atoms with van der Waals surface area (Å²) in [6, 6.07) is 10.2. The summed E-state index contributed by atoms with van der Waals surface area (Å²) in [5.41, 5.74) is 2.52. The quantitative estimate of drug-likeness (QED) is 0.917. The van der Waals surface area contributed by atoms with Crippen molar-refractivity contribution in [2.24, 2.45) is 5.92 Å². The van der Waals surface area contributed by atoms with Crippen molar-refractivity contribution in [1.29, 1.82) is 0 Å². The maximum absolute atomic E-state index is 12.5. The Balaban J connectivity index is 1.49. The van der Waals surface area contributed by atoms with Crippen LogP contribution in [0.25, 0.3) is 0 Å². The molecule has 5 nitrogen and oxygen atoms in total. The molecular weight excluding hydrogens is 300 g/mol. The van der Waals surface area contributed by atoms with Crippen molar-refractivity contribution in [3.05, 3.63) is 53.9 Å². The number of carbonyl (C=O) groups excluding carboxylic acids is 1. The SMILES string of the molecule is Cc1cccc(CCNC(=O)[C@@H]2CCCN(c3ncccn3)C2)c1. The summed E-state index contributed by atoms with van der Waals surface area (Å²) in [6.45, 7) is 4.38. The number of benzene rings is 1. The molecule has 24 heavy (non-hydrogen) atoms. The molecule has 1 amide bonds. The summed E-state index contributed by atoms with van der Waals surface area (Å²) in [7, 11) is 0. The summed E-state index contributed by atoms with van der Waals surface area (Å²) in [6.07, 6.45) is 6.28. The van der Waals surface area contributed by atoms with Crippen LogP contribution in [-0.4, -0.2) is 35.5 Å². The molecule has 5 heteroatoms. The molecule has 126 valence electrons. The van der Waals surface area contributed by atoms with Gasteiger partial charge >= 0.3 is 0 Å². The number of carbonyl (C=O) groups is 1. The van der Waals surface area contributed by atoms with Gasteiger partial charge in [-0.2, -0.15) is 0 Å². The molecule has 1 aromatic carbocycles. The topological polar surface area (TPSA) is 58.1 Å². The van der Waals surface area contributed by atoms with E-state index in [9.17, 15) is 4.79 Å². The van der Waals surface area contributed by atoms with E-state index in [-0.39, 0.29) is 11.8 Å². The predicted molar refractivity (Wildman–Crippen MR) is 94.9 cm³/mol. The van der Waals surface area contributed by atoms with Crippen LogP contribution in [0.2, 0.25) is 0 Å². The molecule has 0 aliphatic carbocycles. The molecule has 1 atom stereocenters. The van der Waals surface area contributed by atoms with Gasteiger partial charge in [0.2, 0.25) is 11.9 Å². The van der Waals surface area contributed by atoms with Crippen molar-refractivity contribution in [3.63, 3.8) is 0 Å². The summed E-state index contributed by atoms with van der Waals surface area (Å²) >= 11 is 0. The summed E-state index contributed by atoms with van der Waals surface area (Å²) in [5.74, 6) is 0.873. The second kappa shape index (κ2) is 7.90. The van der Waals surface area contributed by atoms with Crippen molar-refractivity contribution < 1.29 is 4.79 Å². The highest BCUT2D eigenvalue weighted by molar-refractivity contribution is 5.79. The number of hydrogen-bond acceptors (Lipinski definition) is 4. The molecule has 0 saturated carbocycles. The zero-order valence-electron chi connectivity index (χ0n) is 14.1. The first-order valence-electron chi connectivity index (χ1n) is 8.57. The second-order valence-electron chi connectivity index (χ2n) is 6.36. The van der Waals surface area contributed by atoms with E-state index in [1.165, 1.54) is 11.1 Å². The fourth-order valence-corrected chi connectivity index (χ4v) is 3.17. The lowest BCUT2D eigenvalue weighted by Gasteiger charge is -2.31. The first-order chi connectivity index (χ1) is 11.7. The highest BCUT2D eigenvalue weighted by Crippen LogP contribution is 2.20. The summed E-state index contributed by atoms with van der Waals surface area (Å²) < 4.78 is 0. The fourth-order valence-electron chi connectivity index (χ4n) is 3.17. The predicted octanol–water partition coefficient (Wildman–Crippen LogP) is 2.36. The minimum absolute atomic E-state index is 0.0139. The Morgan fingerprint density at radius 3 is 2.92 bits per heavy atom. The van der Waals surface area contributed by atoms with E-state index < -0.39 is 0 Å². The number of nitrogens with zero attached hydrogens (tertiary/aromatic N) is 3. The van der Waals surface area contributed by atoms with Gasteiger partial charge in [-0.05, 0) is 37.8 Å². The number of hydrogen-bond donors (Lipinski definition) is 1.